The summed E-state index contributed by atoms with van der Waals surface area (Å²) in [5, 5.41) is 10.3. The first-order valence-corrected chi connectivity index (χ1v) is 11.5. The minimum absolute atomic E-state index is 0.0869. The number of ketones is 1. The number of rotatable bonds is 15. The van der Waals surface area contributed by atoms with E-state index in [-0.39, 0.29) is 23.9 Å². The fourth-order valence-corrected chi connectivity index (χ4v) is 3.96. The van der Waals surface area contributed by atoms with Crippen LogP contribution in [-0.2, 0) is 14.3 Å². The zero-order valence-electron chi connectivity index (χ0n) is 18.4. The maximum atomic E-state index is 12.3. The third-order valence-electron chi connectivity index (χ3n) is 5.89. The number of aliphatic hydroxyl groups is 1. The van der Waals surface area contributed by atoms with Gasteiger partial charge in [-0.05, 0) is 38.5 Å². The van der Waals surface area contributed by atoms with E-state index in [1.165, 1.54) is 5.57 Å². The molecule has 0 amide bonds. The lowest BCUT2D eigenvalue weighted by Crippen LogP contribution is -2.15. The lowest BCUT2D eigenvalue weighted by molar-refractivity contribution is -0.143. The van der Waals surface area contributed by atoms with Gasteiger partial charge in [-0.15, -0.1) is 0 Å². The SMILES string of the molecule is CCCCC(C)C(=O)CC=C1CC[C@H](O)[C@@H]1CCCCCCC(=O)OCCC. The summed E-state index contributed by atoms with van der Waals surface area (Å²) in [6.07, 6.45) is 13.7. The number of carbonyl (C=O) groups is 2. The van der Waals surface area contributed by atoms with Crippen LogP contribution in [0.4, 0.5) is 0 Å². The smallest absolute Gasteiger partial charge is 0.305 e. The van der Waals surface area contributed by atoms with Gasteiger partial charge in [-0.1, -0.05) is 64.5 Å². The Kier molecular flexibility index (Phi) is 13.1. The minimum atomic E-state index is -0.261. The zero-order valence-corrected chi connectivity index (χ0v) is 18.4. The molecule has 4 nitrogen and oxygen atoms in total. The molecular weight excluding hydrogens is 352 g/mol. The molecule has 0 bridgehead atoms. The highest BCUT2D eigenvalue weighted by molar-refractivity contribution is 5.82. The summed E-state index contributed by atoms with van der Waals surface area (Å²) in [7, 11) is 0. The van der Waals surface area contributed by atoms with Gasteiger partial charge in [0.05, 0.1) is 12.7 Å². The number of ether oxygens (including phenoxy) is 1. The molecule has 3 atom stereocenters. The highest BCUT2D eigenvalue weighted by Crippen LogP contribution is 2.35. The zero-order chi connectivity index (χ0) is 20.8. The number of unbranched alkanes of at least 4 members (excludes halogenated alkanes) is 4. The third kappa shape index (κ3) is 9.86. The Bertz CT molecular complexity index is 483. The van der Waals surface area contributed by atoms with Crippen molar-refractivity contribution in [3.63, 3.8) is 0 Å². The van der Waals surface area contributed by atoms with Crippen LogP contribution in [0.15, 0.2) is 11.6 Å². The van der Waals surface area contributed by atoms with E-state index in [9.17, 15) is 14.7 Å². The molecule has 1 fully saturated rings. The van der Waals surface area contributed by atoms with E-state index in [0.29, 0.717) is 25.2 Å². The summed E-state index contributed by atoms with van der Waals surface area (Å²) in [4.78, 5) is 23.8. The van der Waals surface area contributed by atoms with Crippen molar-refractivity contribution >= 4 is 11.8 Å². The average Bonchev–Trinajstić information content (AvgIpc) is 3.04. The van der Waals surface area contributed by atoms with E-state index in [4.69, 9.17) is 4.74 Å². The van der Waals surface area contributed by atoms with Gasteiger partial charge in [0.2, 0.25) is 0 Å². The molecule has 1 unspecified atom stereocenters. The molecule has 28 heavy (non-hydrogen) atoms. The summed E-state index contributed by atoms with van der Waals surface area (Å²) >= 11 is 0. The van der Waals surface area contributed by atoms with Gasteiger partial charge in [0.25, 0.3) is 0 Å². The molecular formula is C24H42O4. The van der Waals surface area contributed by atoms with Crippen LogP contribution in [0.5, 0.6) is 0 Å². The van der Waals surface area contributed by atoms with Crippen molar-refractivity contribution < 1.29 is 19.4 Å². The van der Waals surface area contributed by atoms with E-state index < -0.39 is 0 Å². The number of hydrogen-bond acceptors (Lipinski definition) is 4. The molecule has 0 aromatic heterocycles. The molecule has 0 aromatic carbocycles. The van der Waals surface area contributed by atoms with Gasteiger partial charge in [-0.3, -0.25) is 9.59 Å². The number of Topliss-reactive ketones (excluding diaryl/α,β-unsaturated/α-hetero) is 1. The maximum absolute atomic E-state index is 12.3. The van der Waals surface area contributed by atoms with E-state index in [0.717, 1.165) is 70.6 Å². The largest absolute Gasteiger partial charge is 0.466 e. The second-order valence-electron chi connectivity index (χ2n) is 8.38. The standard InChI is InChI=1S/C24H42O4/c1-4-6-11-19(3)22(25)16-14-20-15-17-23(26)21(20)12-9-7-8-10-13-24(27)28-18-5-2/h14,19,21,23,26H,4-13,15-18H2,1-3H3/t19?,21-,23+/m1/s1. The first-order valence-electron chi connectivity index (χ1n) is 11.5. The molecule has 4 heteroatoms. The van der Waals surface area contributed by atoms with Crippen LogP contribution >= 0.6 is 0 Å². The number of allylic oxidation sites excluding steroid dienone is 1. The average molecular weight is 395 g/mol. The lowest BCUT2D eigenvalue weighted by Gasteiger charge is -2.17. The van der Waals surface area contributed by atoms with E-state index in [1.807, 2.05) is 13.8 Å². The second kappa shape index (κ2) is 14.8. The van der Waals surface area contributed by atoms with Crippen molar-refractivity contribution in [3.8, 4) is 0 Å². The highest BCUT2D eigenvalue weighted by atomic mass is 16.5. The fraction of sp³-hybridized carbons (Fsp3) is 0.833. The highest BCUT2D eigenvalue weighted by Gasteiger charge is 2.29. The molecule has 0 heterocycles. The topological polar surface area (TPSA) is 63.6 Å². The molecule has 1 saturated carbocycles. The van der Waals surface area contributed by atoms with Crippen LogP contribution in [0, 0.1) is 11.8 Å². The van der Waals surface area contributed by atoms with Gasteiger partial charge in [0, 0.05) is 24.7 Å². The second-order valence-corrected chi connectivity index (χ2v) is 8.38. The van der Waals surface area contributed by atoms with Crippen molar-refractivity contribution in [2.45, 2.75) is 110 Å². The van der Waals surface area contributed by atoms with Gasteiger partial charge in [-0.2, -0.15) is 0 Å². The van der Waals surface area contributed by atoms with Crippen molar-refractivity contribution in [1.82, 2.24) is 0 Å². The van der Waals surface area contributed by atoms with Crippen molar-refractivity contribution in [1.29, 1.82) is 0 Å². The van der Waals surface area contributed by atoms with E-state index in [2.05, 4.69) is 13.0 Å². The maximum Gasteiger partial charge on any atom is 0.305 e. The van der Waals surface area contributed by atoms with Gasteiger partial charge in [-0.25, -0.2) is 0 Å². The minimum Gasteiger partial charge on any atom is -0.466 e. The fourth-order valence-electron chi connectivity index (χ4n) is 3.96. The van der Waals surface area contributed by atoms with Crippen LogP contribution < -0.4 is 0 Å². The summed E-state index contributed by atoms with van der Waals surface area (Å²) in [5.74, 6) is 0.603. The molecule has 0 aromatic rings. The number of esters is 1. The van der Waals surface area contributed by atoms with Crippen LogP contribution in [0.25, 0.3) is 0 Å². The Labute approximate surface area is 172 Å². The van der Waals surface area contributed by atoms with Crippen LogP contribution in [0.3, 0.4) is 0 Å². The predicted molar refractivity (Wildman–Crippen MR) is 114 cm³/mol. The Hall–Kier alpha value is -1.16. The Morgan fingerprint density at radius 2 is 1.89 bits per heavy atom. The van der Waals surface area contributed by atoms with E-state index in [1.54, 1.807) is 0 Å². The van der Waals surface area contributed by atoms with Gasteiger partial charge in [0.1, 0.15) is 5.78 Å². The molecule has 1 aliphatic carbocycles. The molecule has 0 radical (unpaired) electrons. The van der Waals surface area contributed by atoms with Crippen LogP contribution in [0.1, 0.15) is 104 Å². The number of aliphatic hydroxyl groups excluding tert-OH is 1. The Morgan fingerprint density at radius 3 is 2.61 bits per heavy atom. The molecule has 162 valence electrons. The van der Waals surface area contributed by atoms with Crippen molar-refractivity contribution in [2.75, 3.05) is 6.61 Å². The molecule has 0 aliphatic heterocycles. The summed E-state index contributed by atoms with van der Waals surface area (Å²) < 4.78 is 5.08. The molecule has 1 N–H and O–H groups in total. The summed E-state index contributed by atoms with van der Waals surface area (Å²) in [6.45, 7) is 6.71. The summed E-state index contributed by atoms with van der Waals surface area (Å²) in [6, 6.07) is 0. The molecule has 1 rings (SSSR count). The summed E-state index contributed by atoms with van der Waals surface area (Å²) in [5.41, 5.74) is 1.28. The number of hydrogen-bond donors (Lipinski definition) is 1. The Balaban J connectivity index is 2.29. The first kappa shape index (κ1) is 24.9. The van der Waals surface area contributed by atoms with Crippen molar-refractivity contribution in [2.24, 2.45) is 11.8 Å². The number of carbonyl (C=O) groups excluding carboxylic acids is 2. The van der Waals surface area contributed by atoms with Gasteiger partial charge >= 0.3 is 5.97 Å². The first-order chi connectivity index (χ1) is 13.5. The van der Waals surface area contributed by atoms with Crippen molar-refractivity contribution in [3.05, 3.63) is 11.6 Å². The molecule has 1 aliphatic rings. The lowest BCUT2D eigenvalue weighted by atomic mass is 9.91. The van der Waals surface area contributed by atoms with E-state index >= 15 is 0 Å². The Morgan fingerprint density at radius 1 is 1.14 bits per heavy atom. The molecule has 0 saturated heterocycles. The quantitative estimate of drug-likeness (QED) is 0.218. The van der Waals surface area contributed by atoms with Gasteiger partial charge in [0.15, 0.2) is 0 Å². The van der Waals surface area contributed by atoms with Crippen LogP contribution in [0.2, 0.25) is 0 Å². The van der Waals surface area contributed by atoms with Gasteiger partial charge < -0.3 is 9.84 Å². The molecule has 0 spiro atoms. The predicted octanol–water partition coefficient (Wildman–Crippen LogP) is 5.76. The normalized spacial score (nSPS) is 21.8. The monoisotopic (exact) mass is 394 g/mol. The van der Waals surface area contributed by atoms with Crippen LogP contribution in [-0.4, -0.2) is 29.6 Å². The third-order valence-corrected chi connectivity index (χ3v) is 5.89.